The molecule has 4 aromatic rings. The SMILES string of the molecule is CC(C)(C)c1ccc(-c2cnc3cnc(-c4ccc(C(=O)N5CCOCC5)cc4)cn23)cc1. The van der Waals surface area contributed by atoms with Gasteiger partial charge < -0.3 is 9.64 Å². The maximum absolute atomic E-state index is 12.7. The molecule has 6 nitrogen and oxygen atoms in total. The van der Waals surface area contributed by atoms with Crippen molar-refractivity contribution in [1.82, 2.24) is 19.3 Å². The summed E-state index contributed by atoms with van der Waals surface area (Å²) in [7, 11) is 0. The van der Waals surface area contributed by atoms with E-state index in [1.165, 1.54) is 5.56 Å². The Morgan fingerprint density at radius 1 is 0.879 bits per heavy atom. The third-order valence-electron chi connectivity index (χ3n) is 6.17. The summed E-state index contributed by atoms with van der Waals surface area (Å²) in [5.74, 6) is 0.0452. The van der Waals surface area contributed by atoms with E-state index in [4.69, 9.17) is 4.74 Å². The number of fused-ring (bicyclic) bond motifs is 1. The molecule has 0 atom stereocenters. The molecule has 2 aromatic carbocycles. The lowest BCUT2D eigenvalue weighted by Gasteiger charge is -2.26. The molecule has 0 aliphatic carbocycles. The predicted octanol–water partition coefficient (Wildman–Crippen LogP) is 4.83. The number of rotatable bonds is 3. The Morgan fingerprint density at radius 2 is 1.55 bits per heavy atom. The van der Waals surface area contributed by atoms with Crippen LogP contribution < -0.4 is 0 Å². The second-order valence-electron chi connectivity index (χ2n) is 9.45. The summed E-state index contributed by atoms with van der Waals surface area (Å²) in [6, 6.07) is 16.3. The maximum Gasteiger partial charge on any atom is 0.254 e. The van der Waals surface area contributed by atoms with E-state index in [0.29, 0.717) is 31.9 Å². The molecule has 0 spiro atoms. The Morgan fingerprint density at radius 3 is 2.21 bits per heavy atom. The molecule has 0 radical (unpaired) electrons. The Labute approximate surface area is 193 Å². The van der Waals surface area contributed by atoms with Gasteiger partial charge >= 0.3 is 0 Å². The van der Waals surface area contributed by atoms with Crippen molar-refractivity contribution in [3.05, 3.63) is 78.2 Å². The molecule has 0 N–H and O–H groups in total. The van der Waals surface area contributed by atoms with Gasteiger partial charge in [0.1, 0.15) is 0 Å². The second kappa shape index (κ2) is 8.45. The average Bonchev–Trinajstić information content (AvgIpc) is 3.27. The zero-order valence-corrected chi connectivity index (χ0v) is 19.3. The summed E-state index contributed by atoms with van der Waals surface area (Å²) < 4.78 is 7.41. The highest BCUT2D eigenvalue weighted by Gasteiger charge is 2.19. The van der Waals surface area contributed by atoms with Gasteiger partial charge in [0.05, 0.1) is 37.0 Å². The van der Waals surface area contributed by atoms with Crippen molar-refractivity contribution in [2.24, 2.45) is 0 Å². The van der Waals surface area contributed by atoms with Crippen molar-refractivity contribution in [3.63, 3.8) is 0 Å². The van der Waals surface area contributed by atoms with E-state index in [9.17, 15) is 4.79 Å². The first kappa shape index (κ1) is 21.3. The fourth-order valence-corrected chi connectivity index (χ4v) is 4.13. The van der Waals surface area contributed by atoms with Gasteiger partial charge in [-0.1, -0.05) is 57.2 Å². The molecule has 1 aliphatic rings. The van der Waals surface area contributed by atoms with Crippen molar-refractivity contribution in [1.29, 1.82) is 0 Å². The van der Waals surface area contributed by atoms with E-state index in [2.05, 4.69) is 59.4 Å². The molecule has 1 saturated heterocycles. The highest BCUT2D eigenvalue weighted by Crippen LogP contribution is 2.28. The molecule has 2 aromatic heterocycles. The van der Waals surface area contributed by atoms with Crippen molar-refractivity contribution < 1.29 is 9.53 Å². The second-order valence-corrected chi connectivity index (χ2v) is 9.45. The molecule has 1 aliphatic heterocycles. The van der Waals surface area contributed by atoms with Gasteiger partial charge in [-0.3, -0.25) is 14.2 Å². The number of hydrogen-bond donors (Lipinski definition) is 0. The maximum atomic E-state index is 12.7. The van der Waals surface area contributed by atoms with Crippen LogP contribution in [0.5, 0.6) is 0 Å². The number of amides is 1. The fourth-order valence-electron chi connectivity index (χ4n) is 4.13. The molecule has 6 heteroatoms. The first-order chi connectivity index (χ1) is 15.9. The lowest BCUT2D eigenvalue weighted by molar-refractivity contribution is 0.0303. The van der Waals surface area contributed by atoms with Gasteiger partial charge in [-0.15, -0.1) is 0 Å². The lowest BCUT2D eigenvalue weighted by atomic mass is 9.86. The molecule has 3 heterocycles. The summed E-state index contributed by atoms with van der Waals surface area (Å²) in [6.07, 6.45) is 5.68. The van der Waals surface area contributed by atoms with Crippen molar-refractivity contribution in [2.75, 3.05) is 26.3 Å². The molecule has 33 heavy (non-hydrogen) atoms. The Bertz CT molecular complexity index is 1280. The number of hydrogen-bond acceptors (Lipinski definition) is 4. The van der Waals surface area contributed by atoms with E-state index in [0.717, 1.165) is 28.2 Å². The molecule has 0 bridgehead atoms. The number of carbonyl (C=O) groups is 1. The molecule has 0 unspecified atom stereocenters. The third-order valence-corrected chi connectivity index (χ3v) is 6.17. The molecular formula is C27H28N4O2. The van der Waals surface area contributed by atoms with Gasteiger partial charge in [-0.05, 0) is 23.1 Å². The van der Waals surface area contributed by atoms with Gasteiger partial charge in [-0.2, -0.15) is 0 Å². The summed E-state index contributed by atoms with van der Waals surface area (Å²) in [5.41, 5.74) is 6.82. The van der Waals surface area contributed by atoms with Crippen LogP contribution in [0.1, 0.15) is 36.7 Å². The van der Waals surface area contributed by atoms with Crippen LogP contribution in [0.3, 0.4) is 0 Å². The monoisotopic (exact) mass is 440 g/mol. The van der Waals surface area contributed by atoms with Crippen LogP contribution in [0.15, 0.2) is 67.1 Å². The summed E-state index contributed by atoms with van der Waals surface area (Å²) >= 11 is 0. The third kappa shape index (κ3) is 4.26. The number of carbonyl (C=O) groups excluding carboxylic acids is 1. The summed E-state index contributed by atoms with van der Waals surface area (Å²) in [4.78, 5) is 23.7. The van der Waals surface area contributed by atoms with Crippen molar-refractivity contribution in [2.45, 2.75) is 26.2 Å². The number of aromatic nitrogens is 3. The van der Waals surface area contributed by atoms with Gasteiger partial charge in [0, 0.05) is 36.0 Å². The minimum Gasteiger partial charge on any atom is -0.378 e. The van der Waals surface area contributed by atoms with E-state index in [1.807, 2.05) is 41.6 Å². The quantitative estimate of drug-likeness (QED) is 0.458. The fraction of sp³-hybridized carbons (Fsp3) is 0.296. The van der Waals surface area contributed by atoms with Crippen LogP contribution in [-0.4, -0.2) is 51.5 Å². The minimum atomic E-state index is 0.0452. The van der Waals surface area contributed by atoms with Gasteiger partial charge in [0.15, 0.2) is 5.65 Å². The first-order valence-electron chi connectivity index (χ1n) is 11.3. The topological polar surface area (TPSA) is 59.7 Å². The summed E-state index contributed by atoms with van der Waals surface area (Å²) in [5, 5.41) is 0. The Kier molecular flexibility index (Phi) is 5.46. The van der Waals surface area contributed by atoms with Crippen LogP contribution in [-0.2, 0) is 10.2 Å². The number of benzene rings is 2. The minimum absolute atomic E-state index is 0.0452. The van der Waals surface area contributed by atoms with Crippen molar-refractivity contribution in [3.8, 4) is 22.5 Å². The lowest BCUT2D eigenvalue weighted by Crippen LogP contribution is -2.40. The van der Waals surface area contributed by atoms with Crippen LogP contribution in [0.25, 0.3) is 28.2 Å². The van der Waals surface area contributed by atoms with E-state index >= 15 is 0 Å². The van der Waals surface area contributed by atoms with E-state index < -0.39 is 0 Å². The van der Waals surface area contributed by atoms with E-state index in [1.54, 1.807) is 6.20 Å². The Balaban J connectivity index is 1.43. The van der Waals surface area contributed by atoms with Gasteiger partial charge in [0.2, 0.25) is 0 Å². The molecule has 5 rings (SSSR count). The number of nitrogens with zero attached hydrogens (tertiary/aromatic N) is 4. The molecule has 1 fully saturated rings. The standard InChI is InChI=1S/C27H28N4O2/c1-27(2,3)22-10-8-20(9-11-22)24-16-29-25-17-28-23(18-31(24)25)19-4-6-21(7-5-19)26(32)30-12-14-33-15-13-30/h4-11,16-18H,12-15H2,1-3H3. The largest absolute Gasteiger partial charge is 0.378 e. The van der Waals surface area contributed by atoms with Crippen LogP contribution in [0.2, 0.25) is 0 Å². The molecule has 1 amide bonds. The number of ether oxygens (including phenoxy) is 1. The normalized spacial score (nSPS) is 14.6. The zero-order chi connectivity index (χ0) is 23.0. The van der Waals surface area contributed by atoms with Crippen LogP contribution in [0, 0.1) is 0 Å². The smallest absolute Gasteiger partial charge is 0.254 e. The van der Waals surface area contributed by atoms with Gasteiger partial charge in [-0.25, -0.2) is 4.98 Å². The molecular weight excluding hydrogens is 412 g/mol. The van der Waals surface area contributed by atoms with Gasteiger partial charge in [0.25, 0.3) is 5.91 Å². The van der Waals surface area contributed by atoms with Crippen LogP contribution in [0.4, 0.5) is 0 Å². The molecule has 0 saturated carbocycles. The van der Waals surface area contributed by atoms with Crippen LogP contribution >= 0.6 is 0 Å². The highest BCUT2D eigenvalue weighted by atomic mass is 16.5. The Hall–Kier alpha value is -3.51. The predicted molar refractivity (Wildman–Crippen MR) is 129 cm³/mol. The average molecular weight is 441 g/mol. The first-order valence-corrected chi connectivity index (χ1v) is 11.3. The zero-order valence-electron chi connectivity index (χ0n) is 19.3. The van der Waals surface area contributed by atoms with E-state index in [-0.39, 0.29) is 11.3 Å². The number of morpholine rings is 1. The molecule has 168 valence electrons. The highest BCUT2D eigenvalue weighted by molar-refractivity contribution is 5.94. The number of imidazole rings is 1. The van der Waals surface area contributed by atoms with Crippen molar-refractivity contribution >= 4 is 11.6 Å². The summed E-state index contributed by atoms with van der Waals surface area (Å²) in [6.45, 7) is 9.12.